The largest absolute Gasteiger partial charge is 0.481 e. The maximum absolute atomic E-state index is 12.4. The number of hydrogen-bond acceptors (Lipinski definition) is 5. The number of rotatable bonds is 9. The summed E-state index contributed by atoms with van der Waals surface area (Å²) in [6.07, 6.45) is 0.974. The molecule has 0 saturated heterocycles. The van der Waals surface area contributed by atoms with Crippen LogP contribution in [0.3, 0.4) is 0 Å². The zero-order chi connectivity index (χ0) is 21.5. The molecule has 1 heterocycles. The Hall–Kier alpha value is -3.82. The molecule has 2 aromatic carbocycles. The highest BCUT2D eigenvalue weighted by molar-refractivity contribution is 5.79. The fourth-order valence-electron chi connectivity index (χ4n) is 2.78. The zero-order valence-corrected chi connectivity index (χ0v) is 15.6. The molecule has 10 heteroatoms. The Labute approximate surface area is 170 Å². The predicted octanol–water partition coefficient (Wildman–Crippen LogP) is 2.74. The molecule has 1 amide bonds. The summed E-state index contributed by atoms with van der Waals surface area (Å²) in [5.74, 6) is -1.64. The van der Waals surface area contributed by atoms with E-state index in [0.29, 0.717) is 11.3 Å². The van der Waals surface area contributed by atoms with E-state index in [4.69, 9.17) is 5.11 Å². The third-order valence-corrected chi connectivity index (χ3v) is 4.09. The predicted molar refractivity (Wildman–Crippen MR) is 101 cm³/mol. The van der Waals surface area contributed by atoms with Crippen molar-refractivity contribution in [2.45, 2.75) is 25.5 Å². The zero-order valence-electron chi connectivity index (χ0n) is 15.6. The Morgan fingerprint density at radius 3 is 2.43 bits per heavy atom. The summed E-state index contributed by atoms with van der Waals surface area (Å²) < 4.78 is 28.8. The van der Waals surface area contributed by atoms with Crippen molar-refractivity contribution in [3.05, 3.63) is 72.1 Å². The Morgan fingerprint density at radius 1 is 1.10 bits per heavy atom. The van der Waals surface area contributed by atoms with E-state index >= 15 is 0 Å². The van der Waals surface area contributed by atoms with Crippen LogP contribution < -0.4 is 10.1 Å². The molecule has 0 saturated carbocycles. The number of halogens is 2. The van der Waals surface area contributed by atoms with Gasteiger partial charge in [0, 0.05) is 0 Å². The number of carbonyl (C=O) groups is 2. The molecule has 1 aromatic heterocycles. The summed E-state index contributed by atoms with van der Waals surface area (Å²) in [5, 5.41) is 20.1. The van der Waals surface area contributed by atoms with Gasteiger partial charge in [0.05, 0.1) is 36.5 Å². The summed E-state index contributed by atoms with van der Waals surface area (Å²) >= 11 is 0. The van der Waals surface area contributed by atoms with Crippen LogP contribution in [0.15, 0.2) is 60.8 Å². The third kappa shape index (κ3) is 5.84. The smallest absolute Gasteiger partial charge is 0.387 e. The molecule has 0 aliphatic carbocycles. The second kappa shape index (κ2) is 9.59. The molecule has 3 aromatic rings. The number of para-hydroxylation sites is 1. The number of carbonyl (C=O) groups excluding carboxylic acids is 1. The van der Waals surface area contributed by atoms with Crippen molar-refractivity contribution in [3.8, 4) is 11.4 Å². The van der Waals surface area contributed by atoms with Crippen molar-refractivity contribution in [2.75, 3.05) is 0 Å². The molecule has 0 fully saturated rings. The first-order valence-electron chi connectivity index (χ1n) is 8.93. The highest BCUT2D eigenvalue weighted by atomic mass is 19.3. The molecule has 0 radical (unpaired) electrons. The highest BCUT2D eigenvalue weighted by Gasteiger charge is 2.19. The van der Waals surface area contributed by atoms with E-state index < -0.39 is 24.5 Å². The molecule has 2 N–H and O–H groups in total. The van der Waals surface area contributed by atoms with Crippen molar-refractivity contribution >= 4 is 11.9 Å². The molecular formula is C20H18F2N4O4. The minimum Gasteiger partial charge on any atom is -0.481 e. The number of benzene rings is 2. The van der Waals surface area contributed by atoms with Gasteiger partial charge in [0.2, 0.25) is 5.91 Å². The Balaban J connectivity index is 1.67. The number of ether oxygens (including phenoxy) is 1. The Morgan fingerprint density at radius 2 is 1.80 bits per heavy atom. The quantitative estimate of drug-likeness (QED) is 0.556. The maximum atomic E-state index is 12.4. The van der Waals surface area contributed by atoms with Gasteiger partial charge in [-0.25, -0.2) is 0 Å². The van der Waals surface area contributed by atoms with Gasteiger partial charge in [-0.2, -0.15) is 23.8 Å². The average Bonchev–Trinajstić information content (AvgIpc) is 3.16. The summed E-state index contributed by atoms with van der Waals surface area (Å²) in [4.78, 5) is 25.0. The van der Waals surface area contributed by atoms with E-state index in [9.17, 15) is 18.4 Å². The van der Waals surface area contributed by atoms with Crippen LogP contribution in [0, 0.1) is 0 Å². The van der Waals surface area contributed by atoms with E-state index in [2.05, 4.69) is 20.3 Å². The summed E-state index contributed by atoms with van der Waals surface area (Å²) in [5.41, 5.74) is 1.59. The van der Waals surface area contributed by atoms with E-state index in [1.165, 1.54) is 35.3 Å². The number of nitrogens with one attached hydrogen (secondary N) is 1. The fourth-order valence-corrected chi connectivity index (χ4v) is 2.78. The van der Waals surface area contributed by atoms with Gasteiger partial charge in [0.15, 0.2) is 0 Å². The van der Waals surface area contributed by atoms with Gasteiger partial charge in [0.1, 0.15) is 5.75 Å². The third-order valence-electron chi connectivity index (χ3n) is 4.09. The number of carboxylic acids is 1. The number of amides is 1. The van der Waals surface area contributed by atoms with Gasteiger partial charge < -0.3 is 15.2 Å². The molecule has 0 spiro atoms. The number of alkyl halides is 2. The summed E-state index contributed by atoms with van der Waals surface area (Å²) in [6.45, 7) is -2.96. The van der Waals surface area contributed by atoms with Gasteiger partial charge in [-0.1, -0.05) is 30.3 Å². The molecule has 3 rings (SSSR count). The molecule has 8 nitrogen and oxygen atoms in total. The van der Waals surface area contributed by atoms with Gasteiger partial charge in [-0.15, -0.1) is 0 Å². The first kappa shape index (κ1) is 20.9. The van der Waals surface area contributed by atoms with E-state index in [1.54, 1.807) is 0 Å². The van der Waals surface area contributed by atoms with Crippen molar-refractivity contribution in [1.29, 1.82) is 0 Å². The van der Waals surface area contributed by atoms with Crippen LogP contribution in [0.5, 0.6) is 5.75 Å². The molecule has 156 valence electrons. The molecular weight excluding hydrogens is 398 g/mol. The highest BCUT2D eigenvalue weighted by Crippen LogP contribution is 2.22. The van der Waals surface area contributed by atoms with Crippen molar-refractivity contribution < 1.29 is 28.2 Å². The number of carboxylic acid groups (broad SMARTS) is 1. The lowest BCUT2D eigenvalue weighted by molar-refractivity contribution is -0.137. The molecule has 0 unspecified atom stereocenters. The second-order valence-corrected chi connectivity index (χ2v) is 6.30. The molecule has 0 aliphatic heterocycles. The van der Waals surface area contributed by atoms with Gasteiger partial charge in [0.25, 0.3) is 0 Å². The minimum atomic E-state index is -2.96. The summed E-state index contributed by atoms with van der Waals surface area (Å²) in [7, 11) is 0. The van der Waals surface area contributed by atoms with Crippen molar-refractivity contribution in [3.63, 3.8) is 0 Å². The summed E-state index contributed by atoms with van der Waals surface area (Å²) in [6, 6.07) is 13.7. The molecule has 1 atom stereocenters. The first-order valence-corrected chi connectivity index (χ1v) is 8.93. The maximum Gasteiger partial charge on any atom is 0.387 e. The van der Waals surface area contributed by atoms with Gasteiger partial charge in [-0.05, 0) is 29.8 Å². The minimum absolute atomic E-state index is 0.0633. The first-order chi connectivity index (χ1) is 14.4. The van der Waals surface area contributed by atoms with Crippen LogP contribution in [0.1, 0.15) is 23.7 Å². The SMILES string of the molecule is O=C(O)C[C@@H](NC(=O)Cc1cnn(-c2ccccc2)n1)c1ccc(OC(F)F)cc1. The van der Waals surface area contributed by atoms with Crippen LogP contribution in [-0.4, -0.2) is 38.6 Å². The standard InChI is InChI=1S/C20H18F2N4O4/c21-20(22)30-16-8-6-13(7-9-16)17(11-19(28)29)24-18(27)10-14-12-23-26(25-14)15-4-2-1-3-5-15/h1-9,12,17,20H,10-11H2,(H,24,27)(H,28,29)/t17-/m1/s1. The molecule has 0 aliphatic rings. The Bertz CT molecular complexity index is 994. The second-order valence-electron chi connectivity index (χ2n) is 6.30. The van der Waals surface area contributed by atoms with Gasteiger partial charge in [-0.3, -0.25) is 9.59 Å². The van der Waals surface area contributed by atoms with Crippen LogP contribution >= 0.6 is 0 Å². The van der Waals surface area contributed by atoms with Crippen LogP contribution in [0.25, 0.3) is 5.69 Å². The molecule has 0 bridgehead atoms. The molecule has 30 heavy (non-hydrogen) atoms. The number of aromatic nitrogens is 3. The lowest BCUT2D eigenvalue weighted by Gasteiger charge is -2.17. The monoisotopic (exact) mass is 416 g/mol. The van der Waals surface area contributed by atoms with Crippen LogP contribution in [0.2, 0.25) is 0 Å². The topological polar surface area (TPSA) is 106 Å². The number of hydrogen-bond donors (Lipinski definition) is 2. The number of nitrogens with zero attached hydrogens (tertiary/aromatic N) is 3. The van der Waals surface area contributed by atoms with Crippen molar-refractivity contribution in [2.24, 2.45) is 0 Å². The van der Waals surface area contributed by atoms with E-state index in [1.807, 2.05) is 30.3 Å². The van der Waals surface area contributed by atoms with E-state index in [-0.39, 0.29) is 18.6 Å². The lowest BCUT2D eigenvalue weighted by atomic mass is 10.0. The van der Waals surface area contributed by atoms with E-state index in [0.717, 1.165) is 5.69 Å². The van der Waals surface area contributed by atoms with Crippen LogP contribution in [-0.2, 0) is 16.0 Å². The lowest BCUT2D eigenvalue weighted by Crippen LogP contribution is -2.31. The number of aliphatic carboxylic acids is 1. The van der Waals surface area contributed by atoms with Gasteiger partial charge >= 0.3 is 12.6 Å². The van der Waals surface area contributed by atoms with Crippen molar-refractivity contribution in [1.82, 2.24) is 20.3 Å². The fraction of sp³-hybridized carbons (Fsp3) is 0.200. The average molecular weight is 416 g/mol. The normalized spacial score (nSPS) is 11.8. The van der Waals surface area contributed by atoms with Crippen LogP contribution in [0.4, 0.5) is 8.78 Å². The Kier molecular flexibility index (Phi) is 6.68.